The van der Waals surface area contributed by atoms with Crippen LogP contribution in [0.15, 0.2) is 66.0 Å². The minimum absolute atomic E-state index is 0.166. The second kappa shape index (κ2) is 7.63. The topological polar surface area (TPSA) is 67.4 Å². The summed E-state index contributed by atoms with van der Waals surface area (Å²) in [6, 6.07) is 17.5. The summed E-state index contributed by atoms with van der Waals surface area (Å²) < 4.78 is 5.22. The highest BCUT2D eigenvalue weighted by molar-refractivity contribution is 7.12. The number of ether oxygens (including phenoxy) is 1. The minimum atomic E-state index is -0.249. The van der Waals surface area contributed by atoms with Gasteiger partial charge in [-0.15, -0.1) is 11.3 Å². The van der Waals surface area contributed by atoms with E-state index in [2.05, 4.69) is 10.6 Å². The van der Waals surface area contributed by atoms with Crippen molar-refractivity contribution in [3.8, 4) is 5.75 Å². The zero-order valence-corrected chi connectivity index (χ0v) is 14.3. The van der Waals surface area contributed by atoms with Crippen LogP contribution in [0, 0.1) is 0 Å². The Balaban J connectivity index is 1.67. The van der Waals surface area contributed by atoms with Crippen LogP contribution >= 0.6 is 11.3 Å². The summed E-state index contributed by atoms with van der Waals surface area (Å²) in [4.78, 5) is 25.0. The molecule has 1 heterocycles. The molecule has 2 aromatic carbocycles. The quantitative estimate of drug-likeness (QED) is 0.721. The van der Waals surface area contributed by atoms with Gasteiger partial charge in [-0.1, -0.05) is 18.2 Å². The van der Waals surface area contributed by atoms with Crippen molar-refractivity contribution in [2.75, 3.05) is 17.7 Å². The van der Waals surface area contributed by atoms with Crippen LogP contribution in [0.25, 0.3) is 0 Å². The van der Waals surface area contributed by atoms with Crippen LogP contribution in [-0.2, 0) is 0 Å². The van der Waals surface area contributed by atoms with E-state index in [1.165, 1.54) is 11.3 Å². The lowest BCUT2D eigenvalue weighted by atomic mass is 10.2. The number of amides is 2. The number of anilines is 2. The molecule has 3 aromatic rings. The van der Waals surface area contributed by atoms with E-state index in [0.29, 0.717) is 27.6 Å². The molecule has 25 heavy (non-hydrogen) atoms. The number of methoxy groups -OCH3 is 1. The summed E-state index contributed by atoms with van der Waals surface area (Å²) >= 11 is 1.38. The first-order valence-corrected chi connectivity index (χ1v) is 8.44. The third-order valence-corrected chi connectivity index (χ3v) is 4.37. The van der Waals surface area contributed by atoms with Crippen molar-refractivity contribution in [3.05, 3.63) is 76.5 Å². The number of hydrogen-bond acceptors (Lipinski definition) is 4. The van der Waals surface area contributed by atoms with Crippen molar-refractivity contribution < 1.29 is 14.3 Å². The molecular weight excluding hydrogens is 336 g/mol. The number of carbonyl (C=O) groups excluding carboxylic acids is 2. The molecule has 126 valence electrons. The van der Waals surface area contributed by atoms with Gasteiger partial charge in [0.25, 0.3) is 11.8 Å². The van der Waals surface area contributed by atoms with Crippen molar-refractivity contribution in [2.45, 2.75) is 0 Å². The predicted molar refractivity (Wildman–Crippen MR) is 99.7 cm³/mol. The lowest BCUT2D eigenvalue weighted by molar-refractivity contribution is 0.102. The second-order valence-electron chi connectivity index (χ2n) is 5.16. The van der Waals surface area contributed by atoms with E-state index in [-0.39, 0.29) is 11.8 Å². The number of hydrogen-bond donors (Lipinski definition) is 2. The summed E-state index contributed by atoms with van der Waals surface area (Å²) in [5.41, 5.74) is 1.72. The fraction of sp³-hybridized carbons (Fsp3) is 0.0526. The minimum Gasteiger partial charge on any atom is -0.495 e. The van der Waals surface area contributed by atoms with Gasteiger partial charge in [-0.3, -0.25) is 9.59 Å². The first kappa shape index (κ1) is 16.7. The van der Waals surface area contributed by atoms with Crippen molar-refractivity contribution >= 4 is 34.5 Å². The van der Waals surface area contributed by atoms with Crippen molar-refractivity contribution in [3.63, 3.8) is 0 Å². The molecule has 0 saturated heterocycles. The summed E-state index contributed by atoms with van der Waals surface area (Å²) in [5, 5.41) is 7.46. The third-order valence-electron chi connectivity index (χ3n) is 3.51. The lowest BCUT2D eigenvalue weighted by Crippen LogP contribution is -2.13. The molecule has 3 rings (SSSR count). The van der Waals surface area contributed by atoms with E-state index in [0.717, 1.165) is 0 Å². The van der Waals surface area contributed by atoms with Crippen LogP contribution in [-0.4, -0.2) is 18.9 Å². The number of para-hydroxylation sites is 2. The zero-order chi connectivity index (χ0) is 17.6. The summed E-state index contributed by atoms with van der Waals surface area (Å²) in [5.74, 6) is 0.178. The van der Waals surface area contributed by atoms with E-state index in [9.17, 15) is 9.59 Å². The zero-order valence-electron chi connectivity index (χ0n) is 13.5. The summed E-state index contributed by atoms with van der Waals surface area (Å²) in [6.07, 6.45) is 0. The highest BCUT2D eigenvalue weighted by atomic mass is 32.1. The van der Waals surface area contributed by atoms with Crippen molar-refractivity contribution in [1.29, 1.82) is 0 Å². The predicted octanol–water partition coefficient (Wildman–Crippen LogP) is 4.26. The summed E-state index contributed by atoms with van der Waals surface area (Å²) in [7, 11) is 1.55. The molecule has 5 nitrogen and oxygen atoms in total. The standard InChI is InChI=1S/C19H16N2O3S/c1-24-16-6-3-2-5-15(16)21-18(22)13-8-10-14(11-9-13)20-19(23)17-7-4-12-25-17/h2-12H,1H3,(H,20,23)(H,21,22). The van der Waals surface area contributed by atoms with Crippen molar-refractivity contribution in [2.24, 2.45) is 0 Å². The monoisotopic (exact) mass is 352 g/mol. The Labute approximate surface area is 149 Å². The molecule has 0 bridgehead atoms. The molecule has 0 aliphatic carbocycles. The summed E-state index contributed by atoms with van der Waals surface area (Å²) in [6.45, 7) is 0. The van der Waals surface area contributed by atoms with Crippen LogP contribution in [0.5, 0.6) is 5.75 Å². The Morgan fingerprint density at radius 3 is 2.32 bits per heavy atom. The smallest absolute Gasteiger partial charge is 0.265 e. The Morgan fingerprint density at radius 1 is 0.880 bits per heavy atom. The number of thiophene rings is 1. The van der Waals surface area contributed by atoms with Gasteiger partial charge in [-0.05, 0) is 47.8 Å². The highest BCUT2D eigenvalue weighted by Gasteiger charge is 2.10. The third kappa shape index (κ3) is 4.05. The Hall–Kier alpha value is -3.12. The molecule has 0 spiro atoms. The Morgan fingerprint density at radius 2 is 1.64 bits per heavy atom. The number of carbonyl (C=O) groups is 2. The molecule has 1 aromatic heterocycles. The molecule has 0 unspecified atom stereocenters. The number of benzene rings is 2. The van der Waals surface area contributed by atoms with Gasteiger partial charge in [0.2, 0.25) is 0 Å². The fourth-order valence-electron chi connectivity index (χ4n) is 2.25. The van der Waals surface area contributed by atoms with Crippen LogP contribution in [0.2, 0.25) is 0 Å². The van der Waals surface area contributed by atoms with E-state index >= 15 is 0 Å². The largest absolute Gasteiger partial charge is 0.495 e. The molecule has 0 fully saturated rings. The van der Waals surface area contributed by atoms with Crippen molar-refractivity contribution in [1.82, 2.24) is 0 Å². The van der Waals surface area contributed by atoms with Crippen LogP contribution in [0.1, 0.15) is 20.0 Å². The maximum atomic E-state index is 12.4. The molecule has 0 radical (unpaired) electrons. The van der Waals surface area contributed by atoms with E-state index in [1.807, 2.05) is 23.6 Å². The fourth-order valence-corrected chi connectivity index (χ4v) is 2.87. The molecule has 0 aliphatic rings. The van der Waals surface area contributed by atoms with Gasteiger partial charge in [-0.25, -0.2) is 0 Å². The van der Waals surface area contributed by atoms with Crippen LogP contribution < -0.4 is 15.4 Å². The SMILES string of the molecule is COc1ccccc1NC(=O)c1ccc(NC(=O)c2cccs2)cc1. The van der Waals surface area contributed by atoms with Gasteiger partial charge in [-0.2, -0.15) is 0 Å². The average Bonchev–Trinajstić information content (AvgIpc) is 3.17. The molecule has 2 N–H and O–H groups in total. The number of nitrogens with one attached hydrogen (secondary N) is 2. The molecule has 2 amide bonds. The van der Waals surface area contributed by atoms with Gasteiger partial charge in [0.1, 0.15) is 5.75 Å². The van der Waals surface area contributed by atoms with Gasteiger partial charge >= 0.3 is 0 Å². The molecule has 0 saturated carbocycles. The first-order chi connectivity index (χ1) is 12.2. The van der Waals surface area contributed by atoms with Gasteiger partial charge < -0.3 is 15.4 Å². The number of rotatable bonds is 5. The molecule has 6 heteroatoms. The van der Waals surface area contributed by atoms with E-state index in [1.54, 1.807) is 49.6 Å². The molecule has 0 aliphatic heterocycles. The second-order valence-corrected chi connectivity index (χ2v) is 6.11. The van der Waals surface area contributed by atoms with Gasteiger partial charge in [0.15, 0.2) is 0 Å². The van der Waals surface area contributed by atoms with E-state index in [4.69, 9.17) is 4.74 Å². The maximum Gasteiger partial charge on any atom is 0.265 e. The lowest BCUT2D eigenvalue weighted by Gasteiger charge is -2.10. The Kier molecular flexibility index (Phi) is 5.11. The van der Waals surface area contributed by atoms with Crippen LogP contribution in [0.4, 0.5) is 11.4 Å². The van der Waals surface area contributed by atoms with Gasteiger partial charge in [0, 0.05) is 11.3 Å². The van der Waals surface area contributed by atoms with E-state index < -0.39 is 0 Å². The molecular formula is C19H16N2O3S. The highest BCUT2D eigenvalue weighted by Crippen LogP contribution is 2.24. The molecule has 0 atom stereocenters. The first-order valence-electron chi connectivity index (χ1n) is 7.56. The average molecular weight is 352 g/mol. The normalized spacial score (nSPS) is 10.1. The Bertz CT molecular complexity index is 874. The van der Waals surface area contributed by atoms with Gasteiger partial charge in [0.05, 0.1) is 17.7 Å². The van der Waals surface area contributed by atoms with Crippen LogP contribution in [0.3, 0.4) is 0 Å². The maximum absolute atomic E-state index is 12.4.